The lowest BCUT2D eigenvalue weighted by Crippen LogP contribution is -2.35. The molecule has 1 aromatic rings. The van der Waals surface area contributed by atoms with Gasteiger partial charge < -0.3 is 10.2 Å². The molecule has 0 saturated heterocycles. The van der Waals surface area contributed by atoms with E-state index >= 15 is 0 Å². The second-order valence-electron chi connectivity index (χ2n) is 5.61. The van der Waals surface area contributed by atoms with E-state index in [1.807, 2.05) is 0 Å². The van der Waals surface area contributed by atoms with Gasteiger partial charge in [-0.05, 0) is 32.4 Å². The normalized spacial score (nSPS) is 12.0. The van der Waals surface area contributed by atoms with E-state index in [2.05, 4.69) is 24.1 Å². The van der Waals surface area contributed by atoms with Crippen molar-refractivity contribution in [3.63, 3.8) is 0 Å². The lowest BCUT2D eigenvalue weighted by Gasteiger charge is -2.27. The zero-order chi connectivity index (χ0) is 16.0. The van der Waals surface area contributed by atoms with E-state index in [1.54, 1.807) is 26.1 Å². The number of alkyl halides is 3. The average Bonchev–Trinajstić information content (AvgIpc) is 2.36. The molecule has 3 nitrogen and oxygen atoms in total. The largest absolute Gasteiger partial charge is 0.405 e. The molecular formula is C15H24F3N3. The van der Waals surface area contributed by atoms with Gasteiger partial charge in [0.1, 0.15) is 6.54 Å². The average molecular weight is 303 g/mol. The maximum atomic E-state index is 12.7. The Morgan fingerprint density at radius 3 is 2.52 bits per heavy atom. The minimum Gasteiger partial charge on any atom is -0.363 e. The van der Waals surface area contributed by atoms with E-state index in [0.29, 0.717) is 24.7 Å². The first-order chi connectivity index (χ1) is 9.73. The molecule has 0 aliphatic rings. The summed E-state index contributed by atoms with van der Waals surface area (Å²) in [6.45, 7) is 8.40. The number of hydrogen-bond donors (Lipinski definition) is 1. The minimum absolute atomic E-state index is 0.306. The van der Waals surface area contributed by atoms with Gasteiger partial charge in [0.15, 0.2) is 0 Å². The van der Waals surface area contributed by atoms with Crippen LogP contribution in [0.1, 0.15) is 32.0 Å². The summed E-state index contributed by atoms with van der Waals surface area (Å²) in [6.07, 6.45) is -2.55. The standard InChI is InChI=1S/C15H24F3N3/c1-5-21(10-15(16,17)18)14-6-12(4)20-9-13(14)8-19-7-11(2)3/h6,9,11,19H,5,7-8,10H2,1-4H3. The second kappa shape index (κ2) is 7.64. The summed E-state index contributed by atoms with van der Waals surface area (Å²) >= 11 is 0. The lowest BCUT2D eigenvalue weighted by atomic mass is 10.1. The molecule has 0 radical (unpaired) electrons. The summed E-state index contributed by atoms with van der Waals surface area (Å²) in [5.41, 5.74) is 2.13. The van der Waals surface area contributed by atoms with Crippen LogP contribution in [0.4, 0.5) is 18.9 Å². The Balaban J connectivity index is 2.93. The van der Waals surface area contributed by atoms with Crippen LogP contribution in [0.25, 0.3) is 0 Å². The van der Waals surface area contributed by atoms with Crippen molar-refractivity contribution in [2.75, 3.05) is 24.5 Å². The van der Waals surface area contributed by atoms with E-state index in [4.69, 9.17) is 0 Å². The van der Waals surface area contributed by atoms with Gasteiger partial charge in [-0.3, -0.25) is 4.98 Å². The molecule has 21 heavy (non-hydrogen) atoms. The third-order valence-electron chi connectivity index (χ3n) is 3.06. The molecule has 1 rings (SSSR count). The predicted molar refractivity (Wildman–Crippen MR) is 79.5 cm³/mol. The minimum atomic E-state index is -4.21. The molecule has 0 saturated carbocycles. The molecule has 6 heteroatoms. The van der Waals surface area contributed by atoms with E-state index in [-0.39, 0.29) is 0 Å². The zero-order valence-electron chi connectivity index (χ0n) is 13.1. The first-order valence-electron chi connectivity index (χ1n) is 7.21. The van der Waals surface area contributed by atoms with Crippen LogP contribution in [-0.2, 0) is 6.54 Å². The van der Waals surface area contributed by atoms with Gasteiger partial charge >= 0.3 is 6.18 Å². The van der Waals surface area contributed by atoms with Crippen LogP contribution in [0.3, 0.4) is 0 Å². The molecule has 1 heterocycles. The highest BCUT2D eigenvalue weighted by molar-refractivity contribution is 5.53. The Labute approximate surface area is 124 Å². The quantitative estimate of drug-likeness (QED) is 0.835. The number of aromatic nitrogens is 1. The van der Waals surface area contributed by atoms with Crippen LogP contribution in [0, 0.1) is 12.8 Å². The molecule has 1 aromatic heterocycles. The number of nitrogens with zero attached hydrogens (tertiary/aromatic N) is 2. The van der Waals surface area contributed by atoms with Crippen LogP contribution in [0.2, 0.25) is 0 Å². The molecule has 0 spiro atoms. The zero-order valence-corrected chi connectivity index (χ0v) is 13.1. The highest BCUT2D eigenvalue weighted by Gasteiger charge is 2.31. The highest BCUT2D eigenvalue weighted by atomic mass is 19.4. The molecule has 0 unspecified atom stereocenters. The monoisotopic (exact) mass is 303 g/mol. The third kappa shape index (κ3) is 6.33. The fourth-order valence-corrected chi connectivity index (χ4v) is 2.08. The number of rotatable bonds is 7. The van der Waals surface area contributed by atoms with Crippen LogP contribution in [-0.4, -0.2) is 30.8 Å². The van der Waals surface area contributed by atoms with Crippen molar-refractivity contribution < 1.29 is 13.2 Å². The summed E-state index contributed by atoms with van der Waals surface area (Å²) in [5.74, 6) is 0.490. The topological polar surface area (TPSA) is 28.2 Å². The van der Waals surface area contributed by atoms with E-state index in [0.717, 1.165) is 17.8 Å². The molecule has 0 amide bonds. The van der Waals surface area contributed by atoms with Crippen LogP contribution in [0.5, 0.6) is 0 Å². The molecule has 0 bridgehead atoms. The fraction of sp³-hybridized carbons (Fsp3) is 0.667. The van der Waals surface area contributed by atoms with Gasteiger partial charge in [0.2, 0.25) is 0 Å². The summed E-state index contributed by atoms with van der Waals surface area (Å²) in [6, 6.07) is 1.72. The maximum absolute atomic E-state index is 12.7. The second-order valence-corrected chi connectivity index (χ2v) is 5.61. The van der Waals surface area contributed by atoms with Crippen LogP contribution >= 0.6 is 0 Å². The molecule has 0 aromatic carbocycles. The summed E-state index contributed by atoms with van der Waals surface area (Å²) in [7, 11) is 0. The molecule has 0 aliphatic heterocycles. The first-order valence-corrected chi connectivity index (χ1v) is 7.21. The van der Waals surface area contributed by atoms with E-state index < -0.39 is 12.7 Å². The van der Waals surface area contributed by atoms with Crippen molar-refractivity contribution in [2.24, 2.45) is 5.92 Å². The number of nitrogens with one attached hydrogen (secondary N) is 1. The van der Waals surface area contributed by atoms with Gasteiger partial charge in [-0.2, -0.15) is 13.2 Å². The molecular weight excluding hydrogens is 279 g/mol. The number of hydrogen-bond acceptors (Lipinski definition) is 3. The van der Waals surface area contributed by atoms with Gasteiger partial charge in [-0.1, -0.05) is 13.8 Å². The fourth-order valence-electron chi connectivity index (χ4n) is 2.08. The van der Waals surface area contributed by atoms with Crippen LogP contribution < -0.4 is 10.2 Å². The van der Waals surface area contributed by atoms with Gasteiger partial charge in [0.05, 0.1) is 0 Å². The molecule has 0 fully saturated rings. The maximum Gasteiger partial charge on any atom is 0.405 e. The van der Waals surface area contributed by atoms with Crippen molar-refractivity contribution in [1.82, 2.24) is 10.3 Å². The van der Waals surface area contributed by atoms with Crippen molar-refractivity contribution >= 4 is 5.69 Å². The SMILES string of the molecule is CCN(CC(F)(F)F)c1cc(C)ncc1CNCC(C)C. The van der Waals surface area contributed by atoms with Gasteiger partial charge in [0, 0.05) is 36.2 Å². The highest BCUT2D eigenvalue weighted by Crippen LogP contribution is 2.25. The predicted octanol–water partition coefficient (Wildman–Crippen LogP) is 3.52. The number of pyridine rings is 1. The van der Waals surface area contributed by atoms with Crippen molar-refractivity contribution in [3.8, 4) is 0 Å². The molecule has 0 aliphatic carbocycles. The van der Waals surface area contributed by atoms with Crippen molar-refractivity contribution in [1.29, 1.82) is 0 Å². The summed E-state index contributed by atoms with van der Waals surface area (Å²) in [4.78, 5) is 5.55. The van der Waals surface area contributed by atoms with E-state index in [1.165, 1.54) is 4.90 Å². The number of aryl methyl sites for hydroxylation is 1. The van der Waals surface area contributed by atoms with Crippen LogP contribution in [0.15, 0.2) is 12.3 Å². The number of halogens is 3. The van der Waals surface area contributed by atoms with Gasteiger partial charge in [-0.25, -0.2) is 0 Å². The number of anilines is 1. The van der Waals surface area contributed by atoms with Gasteiger partial charge in [0.25, 0.3) is 0 Å². The third-order valence-corrected chi connectivity index (χ3v) is 3.06. The Kier molecular flexibility index (Phi) is 6.45. The Morgan fingerprint density at radius 1 is 1.33 bits per heavy atom. The molecule has 120 valence electrons. The molecule has 0 atom stereocenters. The molecule has 1 N–H and O–H groups in total. The Morgan fingerprint density at radius 2 is 2.00 bits per heavy atom. The van der Waals surface area contributed by atoms with E-state index in [9.17, 15) is 13.2 Å². The lowest BCUT2D eigenvalue weighted by molar-refractivity contribution is -0.119. The first kappa shape index (κ1) is 17.8. The Bertz CT molecular complexity index is 444. The van der Waals surface area contributed by atoms with Crippen molar-refractivity contribution in [3.05, 3.63) is 23.5 Å². The smallest absolute Gasteiger partial charge is 0.363 e. The Hall–Kier alpha value is -1.30. The summed E-state index contributed by atoms with van der Waals surface area (Å²) in [5, 5.41) is 3.25. The summed E-state index contributed by atoms with van der Waals surface area (Å²) < 4.78 is 38.1. The van der Waals surface area contributed by atoms with Gasteiger partial charge in [-0.15, -0.1) is 0 Å². The van der Waals surface area contributed by atoms with Crippen molar-refractivity contribution in [2.45, 2.75) is 40.4 Å².